The fourth-order valence-electron chi connectivity index (χ4n) is 1.40. The molecule has 0 spiro atoms. The Balaban J connectivity index is 2.30. The van der Waals surface area contributed by atoms with Gasteiger partial charge >= 0.3 is 0 Å². The van der Waals surface area contributed by atoms with Gasteiger partial charge in [-0.25, -0.2) is 0 Å². The minimum absolute atomic E-state index is 0.822. The Kier molecular flexibility index (Phi) is 2.09. The molecule has 13 heavy (non-hydrogen) atoms. The van der Waals surface area contributed by atoms with Gasteiger partial charge in [0, 0.05) is 0 Å². The first-order valence-corrected chi connectivity index (χ1v) is 4.32. The normalized spacial score (nSPS) is 14.3. The number of benzene rings is 1. The first-order valence-electron chi connectivity index (χ1n) is 4.32. The predicted molar refractivity (Wildman–Crippen MR) is 58.8 cm³/mol. The molecular weight excluding hydrogens is 159 g/mol. The maximum Gasteiger partial charge on any atom is 0.267 e. The van der Waals surface area contributed by atoms with E-state index in [0.29, 0.717) is 0 Å². The summed E-state index contributed by atoms with van der Waals surface area (Å²) >= 11 is 0. The molecule has 0 atom stereocenters. The second-order valence-electron chi connectivity index (χ2n) is 2.98. The number of rotatable bonds is 1. The number of allylic oxidation sites excluding steroid dienone is 2. The van der Waals surface area contributed by atoms with Gasteiger partial charge in [0.1, 0.15) is 0 Å². The average molecular weight is 170 g/mol. The molecule has 0 aromatic heterocycles. The van der Waals surface area contributed by atoms with Gasteiger partial charge in [-0.05, 0) is 24.4 Å². The van der Waals surface area contributed by atoms with Crippen LogP contribution in [0.15, 0.2) is 48.6 Å². The van der Waals surface area contributed by atoms with E-state index in [1.54, 1.807) is 0 Å². The topological polar surface area (TPSA) is 29.3 Å². The van der Waals surface area contributed by atoms with Crippen LogP contribution >= 0.6 is 0 Å². The average Bonchev–Trinajstić information content (AvgIpc) is 2.20. The van der Waals surface area contributed by atoms with E-state index in [-0.39, 0.29) is 0 Å². The van der Waals surface area contributed by atoms with Gasteiger partial charge in [-0.3, -0.25) is 0 Å². The molecule has 1 aliphatic rings. The molecule has 0 saturated heterocycles. The molecule has 1 aliphatic heterocycles. The van der Waals surface area contributed by atoms with Crippen LogP contribution < -0.4 is 10.5 Å². The molecule has 1 aromatic rings. The third-order valence-corrected chi connectivity index (χ3v) is 2.06. The first-order chi connectivity index (χ1) is 6.38. The van der Waals surface area contributed by atoms with Crippen molar-refractivity contribution in [3.8, 4) is 0 Å². The predicted octanol–water partition coefficient (Wildman–Crippen LogP) is 1.47. The molecular formula is C10H11BN2. The second-order valence-corrected chi connectivity index (χ2v) is 2.98. The van der Waals surface area contributed by atoms with E-state index in [1.165, 1.54) is 0 Å². The Morgan fingerprint density at radius 2 is 2.00 bits per heavy atom. The van der Waals surface area contributed by atoms with Crippen LogP contribution in [0.5, 0.6) is 0 Å². The van der Waals surface area contributed by atoms with Crippen molar-refractivity contribution in [1.29, 1.82) is 0 Å². The van der Waals surface area contributed by atoms with Gasteiger partial charge < -0.3 is 10.5 Å². The highest BCUT2D eigenvalue weighted by Crippen LogP contribution is 2.22. The Labute approximate surface area is 78.6 Å². The van der Waals surface area contributed by atoms with Gasteiger partial charge in [0.2, 0.25) is 0 Å². The van der Waals surface area contributed by atoms with Crippen LogP contribution in [0.25, 0.3) is 0 Å². The molecule has 1 aromatic carbocycles. The summed E-state index contributed by atoms with van der Waals surface area (Å²) in [6, 6.07) is 7.89. The van der Waals surface area contributed by atoms with Crippen LogP contribution in [-0.4, -0.2) is 7.41 Å². The van der Waals surface area contributed by atoms with Crippen molar-refractivity contribution < 1.29 is 0 Å². The molecule has 0 aliphatic carbocycles. The quantitative estimate of drug-likeness (QED) is 0.510. The van der Waals surface area contributed by atoms with Gasteiger partial charge in [0.15, 0.2) is 0 Å². The lowest BCUT2D eigenvalue weighted by molar-refractivity contribution is 1.40. The highest BCUT2D eigenvalue weighted by Gasteiger charge is 2.06. The Hall–Kier alpha value is -1.64. The van der Waals surface area contributed by atoms with E-state index in [9.17, 15) is 0 Å². The zero-order chi connectivity index (χ0) is 9.10. The van der Waals surface area contributed by atoms with Gasteiger partial charge in [-0.1, -0.05) is 24.2 Å². The molecule has 0 fully saturated rings. The maximum atomic E-state index is 5.85. The SMILES string of the molecule is Nc1ccccc1N1BC=CC=C1. The van der Waals surface area contributed by atoms with E-state index in [0.717, 1.165) is 18.8 Å². The number of para-hydroxylation sites is 2. The minimum Gasteiger partial charge on any atom is -0.397 e. The molecule has 1 heterocycles. The molecule has 3 heteroatoms. The van der Waals surface area contributed by atoms with E-state index < -0.39 is 0 Å². The van der Waals surface area contributed by atoms with E-state index >= 15 is 0 Å². The van der Waals surface area contributed by atoms with Gasteiger partial charge in [0.25, 0.3) is 7.41 Å². The van der Waals surface area contributed by atoms with Crippen LogP contribution in [0.2, 0.25) is 0 Å². The van der Waals surface area contributed by atoms with Crippen LogP contribution in [0.1, 0.15) is 0 Å². The molecule has 0 saturated carbocycles. The largest absolute Gasteiger partial charge is 0.397 e. The molecule has 64 valence electrons. The van der Waals surface area contributed by atoms with Crippen molar-refractivity contribution in [2.24, 2.45) is 0 Å². The third-order valence-electron chi connectivity index (χ3n) is 2.06. The van der Waals surface area contributed by atoms with Crippen molar-refractivity contribution in [3.05, 3.63) is 48.6 Å². The number of hydrogen-bond acceptors (Lipinski definition) is 2. The van der Waals surface area contributed by atoms with Crippen molar-refractivity contribution in [3.63, 3.8) is 0 Å². The lowest BCUT2D eigenvalue weighted by Crippen LogP contribution is -2.22. The molecule has 0 amide bonds. The van der Waals surface area contributed by atoms with Crippen molar-refractivity contribution in [2.45, 2.75) is 0 Å². The second kappa shape index (κ2) is 3.39. The van der Waals surface area contributed by atoms with E-state index in [2.05, 4.69) is 10.8 Å². The summed E-state index contributed by atoms with van der Waals surface area (Å²) in [4.78, 5) is 2.12. The van der Waals surface area contributed by atoms with Crippen LogP contribution in [0.4, 0.5) is 11.4 Å². The van der Waals surface area contributed by atoms with E-state index in [4.69, 9.17) is 5.73 Å². The highest BCUT2D eigenvalue weighted by molar-refractivity contribution is 6.48. The standard InChI is InChI=1S/C10H11BN2/c12-9-5-1-2-6-10(9)13-8-4-3-7-11-13/h1-8,11H,12H2. The third kappa shape index (κ3) is 1.59. The lowest BCUT2D eigenvalue weighted by atomic mass is 9.88. The lowest BCUT2D eigenvalue weighted by Gasteiger charge is -2.21. The number of nitrogens with zero attached hydrogens (tertiary/aromatic N) is 1. The van der Waals surface area contributed by atoms with Crippen LogP contribution in [0, 0.1) is 0 Å². The fourth-order valence-corrected chi connectivity index (χ4v) is 1.40. The van der Waals surface area contributed by atoms with Crippen molar-refractivity contribution in [1.82, 2.24) is 0 Å². The summed E-state index contributed by atoms with van der Waals surface area (Å²) in [7, 11) is 0.894. The molecule has 0 radical (unpaired) electrons. The number of nitrogens with two attached hydrogens (primary N) is 1. The monoisotopic (exact) mass is 170 g/mol. The smallest absolute Gasteiger partial charge is 0.267 e. The number of anilines is 2. The molecule has 2 nitrogen and oxygen atoms in total. The summed E-state index contributed by atoms with van der Waals surface area (Å²) < 4.78 is 0. The Bertz CT molecular complexity index is 358. The minimum atomic E-state index is 0.822. The highest BCUT2D eigenvalue weighted by atomic mass is 15.0. The zero-order valence-corrected chi connectivity index (χ0v) is 7.35. The molecule has 0 unspecified atom stereocenters. The van der Waals surface area contributed by atoms with Gasteiger partial charge in [-0.2, -0.15) is 0 Å². The molecule has 0 bridgehead atoms. The zero-order valence-electron chi connectivity index (χ0n) is 7.35. The summed E-state index contributed by atoms with van der Waals surface area (Å²) in [5.74, 6) is 2.10. The number of nitrogen functional groups attached to an aromatic ring is 1. The first kappa shape index (κ1) is 7.99. The summed E-state index contributed by atoms with van der Waals surface area (Å²) in [6.45, 7) is 0. The van der Waals surface area contributed by atoms with Crippen molar-refractivity contribution in [2.75, 3.05) is 10.5 Å². The Morgan fingerprint density at radius 1 is 1.15 bits per heavy atom. The fraction of sp³-hybridized carbons (Fsp3) is 0. The summed E-state index contributed by atoms with van der Waals surface area (Å²) in [6.07, 6.45) is 6.08. The van der Waals surface area contributed by atoms with Crippen LogP contribution in [-0.2, 0) is 0 Å². The summed E-state index contributed by atoms with van der Waals surface area (Å²) in [5, 5.41) is 0. The van der Waals surface area contributed by atoms with Gasteiger partial charge in [-0.15, -0.1) is 0 Å². The van der Waals surface area contributed by atoms with Crippen molar-refractivity contribution >= 4 is 18.8 Å². The number of hydrogen-bond donors (Lipinski definition) is 1. The van der Waals surface area contributed by atoms with Crippen LogP contribution in [0.3, 0.4) is 0 Å². The van der Waals surface area contributed by atoms with Gasteiger partial charge in [0.05, 0.1) is 11.4 Å². The molecule has 2 rings (SSSR count). The molecule has 2 N–H and O–H groups in total. The van der Waals surface area contributed by atoms with E-state index in [1.807, 2.05) is 42.6 Å². The maximum absolute atomic E-state index is 5.85. The Morgan fingerprint density at radius 3 is 2.69 bits per heavy atom. The summed E-state index contributed by atoms with van der Waals surface area (Å²) in [5.41, 5.74) is 7.75.